The van der Waals surface area contributed by atoms with Crippen LogP contribution in [0.1, 0.15) is 11.1 Å². The number of benzene rings is 2. The second kappa shape index (κ2) is 6.29. The van der Waals surface area contributed by atoms with Crippen LogP contribution in [0.2, 0.25) is 0 Å². The summed E-state index contributed by atoms with van der Waals surface area (Å²) in [5, 5.41) is 2.85. The van der Waals surface area contributed by atoms with E-state index in [2.05, 4.69) is 28.2 Å². The molecule has 1 aromatic heterocycles. The molecular weight excluding hydrogens is 334 g/mol. The van der Waals surface area contributed by atoms with E-state index < -0.39 is 0 Å². The summed E-state index contributed by atoms with van der Waals surface area (Å²) in [5.74, 6) is -0.201. The first-order valence-electron chi connectivity index (χ1n) is 8.03. The average Bonchev–Trinajstić information content (AvgIpc) is 3.14. The van der Waals surface area contributed by atoms with Gasteiger partial charge in [0.25, 0.3) is 5.24 Å². The number of imide groups is 1. The molecule has 3 N–H and O–H groups in total. The number of aromatic nitrogens is 1. The highest BCUT2D eigenvalue weighted by molar-refractivity contribution is 8.15. The number of amides is 2. The van der Waals surface area contributed by atoms with Crippen LogP contribution >= 0.6 is 11.8 Å². The summed E-state index contributed by atoms with van der Waals surface area (Å²) >= 11 is 1.07. The molecule has 0 bridgehead atoms. The smallest absolute Gasteiger partial charge is 0.286 e. The average molecular weight is 351 g/mol. The number of carbonyl (C=O) groups is 2. The predicted octanol–water partition coefficient (Wildman–Crippen LogP) is 3.17. The topological polar surface area (TPSA) is 77.1 Å². The van der Waals surface area contributed by atoms with E-state index in [4.69, 9.17) is 5.73 Å². The predicted molar refractivity (Wildman–Crippen MR) is 101 cm³/mol. The van der Waals surface area contributed by atoms with Gasteiger partial charge in [-0.05, 0) is 41.8 Å². The number of rotatable bonds is 4. The number of nitrogens with zero attached hydrogens (tertiary/aromatic N) is 1. The monoisotopic (exact) mass is 351 g/mol. The van der Waals surface area contributed by atoms with Crippen molar-refractivity contribution in [3.05, 3.63) is 65.9 Å². The normalized spacial score (nSPS) is 17.2. The Labute approximate surface area is 149 Å². The Morgan fingerprint density at radius 1 is 1.08 bits per heavy atom. The van der Waals surface area contributed by atoms with Crippen molar-refractivity contribution in [3.63, 3.8) is 0 Å². The van der Waals surface area contributed by atoms with E-state index in [9.17, 15) is 9.59 Å². The summed E-state index contributed by atoms with van der Waals surface area (Å²) in [7, 11) is 0. The number of nitrogens with two attached hydrogens (primary N) is 1. The molecule has 25 heavy (non-hydrogen) atoms. The first-order valence-corrected chi connectivity index (χ1v) is 8.91. The zero-order valence-corrected chi connectivity index (χ0v) is 14.3. The van der Waals surface area contributed by atoms with E-state index in [1.54, 1.807) is 0 Å². The van der Waals surface area contributed by atoms with Crippen LogP contribution in [0.4, 0.5) is 10.5 Å². The summed E-state index contributed by atoms with van der Waals surface area (Å²) < 4.78 is 2.18. The zero-order chi connectivity index (χ0) is 17.4. The molecule has 0 aliphatic carbocycles. The Balaban J connectivity index is 1.62. The third-order valence-corrected chi connectivity index (χ3v) is 5.39. The molecule has 2 aromatic carbocycles. The number of thioether (sulfide) groups is 1. The van der Waals surface area contributed by atoms with E-state index in [-0.39, 0.29) is 16.4 Å². The van der Waals surface area contributed by atoms with Gasteiger partial charge in [-0.15, -0.1) is 0 Å². The summed E-state index contributed by atoms with van der Waals surface area (Å²) in [6, 6.07) is 16.0. The van der Waals surface area contributed by atoms with E-state index in [1.165, 1.54) is 5.56 Å². The minimum absolute atomic E-state index is 0.201. The minimum Gasteiger partial charge on any atom is -0.399 e. The van der Waals surface area contributed by atoms with Crippen molar-refractivity contribution in [2.75, 3.05) is 5.73 Å². The fourth-order valence-corrected chi connectivity index (χ4v) is 4.00. The van der Waals surface area contributed by atoms with Gasteiger partial charge in [-0.25, -0.2) is 0 Å². The van der Waals surface area contributed by atoms with Gasteiger partial charge in [-0.1, -0.05) is 36.0 Å². The van der Waals surface area contributed by atoms with Crippen molar-refractivity contribution in [2.45, 2.75) is 18.2 Å². The summed E-state index contributed by atoms with van der Waals surface area (Å²) in [5.41, 5.74) is 9.87. The fraction of sp³-hybridized carbons (Fsp3) is 0.158. The summed E-state index contributed by atoms with van der Waals surface area (Å²) in [6.07, 6.45) is 2.60. The van der Waals surface area contributed by atoms with Gasteiger partial charge in [0.15, 0.2) is 0 Å². The highest BCUT2D eigenvalue weighted by Gasteiger charge is 2.31. The van der Waals surface area contributed by atoms with Crippen LogP contribution in [0.15, 0.2) is 54.7 Å². The number of fused-ring (bicyclic) bond motifs is 1. The molecule has 1 fully saturated rings. The van der Waals surface area contributed by atoms with Crippen molar-refractivity contribution in [1.82, 2.24) is 9.88 Å². The second-order valence-corrected chi connectivity index (χ2v) is 7.30. The number of hydrogen-bond donors (Lipinski definition) is 2. The van der Waals surface area contributed by atoms with Crippen molar-refractivity contribution >= 4 is 39.5 Å². The maximum Gasteiger partial charge on any atom is 0.286 e. The number of nitrogens with one attached hydrogen (secondary N) is 1. The highest BCUT2D eigenvalue weighted by atomic mass is 32.2. The van der Waals surface area contributed by atoms with Crippen LogP contribution in [-0.4, -0.2) is 21.0 Å². The Kier molecular flexibility index (Phi) is 3.97. The van der Waals surface area contributed by atoms with Crippen molar-refractivity contribution in [3.8, 4) is 0 Å². The van der Waals surface area contributed by atoms with Crippen molar-refractivity contribution in [2.24, 2.45) is 0 Å². The van der Waals surface area contributed by atoms with Crippen molar-refractivity contribution < 1.29 is 9.59 Å². The molecule has 1 atom stereocenters. The Hall–Kier alpha value is -2.73. The minimum atomic E-state index is -0.349. The van der Waals surface area contributed by atoms with Crippen LogP contribution < -0.4 is 11.1 Å². The molecule has 126 valence electrons. The lowest BCUT2D eigenvalue weighted by Gasteiger charge is -2.09. The van der Waals surface area contributed by atoms with E-state index in [1.807, 2.05) is 36.4 Å². The number of nitrogen functional groups attached to an aromatic ring is 1. The van der Waals surface area contributed by atoms with Gasteiger partial charge >= 0.3 is 0 Å². The SMILES string of the molecule is Nc1ccc(Cn2ccc3c(CC4SC(=O)NC4=O)cccc32)cc1. The van der Waals surface area contributed by atoms with Gasteiger partial charge in [0, 0.05) is 29.3 Å². The van der Waals surface area contributed by atoms with Crippen LogP contribution in [-0.2, 0) is 17.8 Å². The maximum absolute atomic E-state index is 11.8. The van der Waals surface area contributed by atoms with Crippen LogP contribution in [0.3, 0.4) is 0 Å². The molecule has 3 aromatic rings. The maximum atomic E-state index is 11.8. The molecule has 0 saturated carbocycles. The molecule has 1 unspecified atom stereocenters. The molecule has 4 rings (SSSR count). The number of carbonyl (C=O) groups excluding carboxylic acids is 2. The van der Waals surface area contributed by atoms with Gasteiger partial charge < -0.3 is 10.3 Å². The number of hydrogen-bond acceptors (Lipinski definition) is 4. The van der Waals surface area contributed by atoms with Gasteiger partial charge in [0.2, 0.25) is 5.91 Å². The van der Waals surface area contributed by atoms with Gasteiger partial charge in [0.05, 0.1) is 5.25 Å². The second-order valence-electron chi connectivity index (χ2n) is 6.12. The molecule has 1 aliphatic rings. The van der Waals surface area contributed by atoms with Crippen LogP contribution in [0.5, 0.6) is 0 Å². The Morgan fingerprint density at radius 2 is 1.88 bits per heavy atom. The molecule has 0 spiro atoms. The van der Waals surface area contributed by atoms with Gasteiger partial charge in [0.1, 0.15) is 0 Å². The molecule has 6 heteroatoms. The highest BCUT2D eigenvalue weighted by Crippen LogP contribution is 2.28. The Morgan fingerprint density at radius 3 is 2.60 bits per heavy atom. The standard InChI is InChI=1S/C19H17N3O2S/c20-14-6-4-12(5-7-14)11-22-9-8-15-13(2-1-3-16(15)22)10-17-18(23)21-19(24)25-17/h1-9,17H,10-11,20H2,(H,21,23,24). The molecule has 2 heterocycles. The van der Waals surface area contributed by atoms with E-state index in [0.29, 0.717) is 6.42 Å². The van der Waals surface area contributed by atoms with E-state index in [0.717, 1.165) is 40.5 Å². The first-order chi connectivity index (χ1) is 12.1. The summed E-state index contributed by atoms with van der Waals surface area (Å²) in [4.78, 5) is 23.2. The van der Waals surface area contributed by atoms with Gasteiger partial charge in [-0.2, -0.15) is 0 Å². The zero-order valence-electron chi connectivity index (χ0n) is 13.4. The van der Waals surface area contributed by atoms with E-state index >= 15 is 0 Å². The molecule has 1 aliphatic heterocycles. The molecule has 5 nitrogen and oxygen atoms in total. The van der Waals surface area contributed by atoms with Gasteiger partial charge in [-0.3, -0.25) is 14.9 Å². The Bertz CT molecular complexity index is 962. The van der Waals surface area contributed by atoms with Crippen LogP contribution in [0.25, 0.3) is 10.9 Å². The lowest BCUT2D eigenvalue weighted by atomic mass is 10.0. The van der Waals surface area contributed by atoms with Crippen LogP contribution in [0, 0.1) is 0 Å². The third-order valence-electron chi connectivity index (χ3n) is 4.41. The first kappa shape index (κ1) is 15.8. The largest absolute Gasteiger partial charge is 0.399 e. The quantitative estimate of drug-likeness (QED) is 0.708. The third kappa shape index (κ3) is 3.13. The molecular formula is C19H17N3O2S. The lowest BCUT2D eigenvalue weighted by Crippen LogP contribution is -2.25. The summed E-state index contributed by atoms with van der Waals surface area (Å²) in [6.45, 7) is 0.754. The van der Waals surface area contributed by atoms with Crippen molar-refractivity contribution in [1.29, 1.82) is 0 Å². The fourth-order valence-electron chi connectivity index (χ4n) is 3.15. The molecule has 1 saturated heterocycles. The molecule has 0 radical (unpaired) electrons. The lowest BCUT2D eigenvalue weighted by molar-refractivity contribution is -0.118. The number of anilines is 1. The molecule has 2 amide bonds.